The van der Waals surface area contributed by atoms with Gasteiger partial charge in [0.15, 0.2) is 5.13 Å². The van der Waals surface area contributed by atoms with Gasteiger partial charge in [-0.25, -0.2) is 15.0 Å². The summed E-state index contributed by atoms with van der Waals surface area (Å²) in [5.41, 5.74) is 3.09. The van der Waals surface area contributed by atoms with Gasteiger partial charge in [-0.05, 0) is 30.7 Å². The van der Waals surface area contributed by atoms with E-state index in [1.807, 2.05) is 28.5 Å². The highest BCUT2D eigenvalue weighted by atomic mass is 35.5. The quantitative estimate of drug-likeness (QED) is 0.670. The molecule has 1 aromatic carbocycles. The Hall–Kier alpha value is -2.71. The first kappa shape index (κ1) is 19.6. The molecule has 0 unspecified atom stereocenters. The van der Waals surface area contributed by atoms with Gasteiger partial charge in [0.1, 0.15) is 0 Å². The van der Waals surface area contributed by atoms with Gasteiger partial charge >= 0.3 is 0 Å². The van der Waals surface area contributed by atoms with Crippen molar-refractivity contribution in [1.29, 1.82) is 0 Å². The maximum atomic E-state index is 12.7. The van der Waals surface area contributed by atoms with Crippen LogP contribution in [0.25, 0.3) is 0 Å². The molecule has 4 rings (SSSR count). The molecule has 29 heavy (non-hydrogen) atoms. The second kappa shape index (κ2) is 8.75. The summed E-state index contributed by atoms with van der Waals surface area (Å²) in [5.74, 6) is 0.590. The molecule has 3 aromatic rings. The van der Waals surface area contributed by atoms with Crippen molar-refractivity contribution >= 4 is 45.6 Å². The number of carbonyl (C=O) groups excluding carboxylic acids is 1. The largest absolute Gasteiger partial charge is 0.368 e. The van der Waals surface area contributed by atoms with Crippen LogP contribution in [-0.2, 0) is 11.2 Å². The zero-order valence-corrected chi connectivity index (χ0v) is 17.6. The molecule has 0 saturated carbocycles. The van der Waals surface area contributed by atoms with E-state index in [1.54, 1.807) is 18.5 Å². The third-order valence-corrected chi connectivity index (χ3v) is 5.85. The third-order valence-electron chi connectivity index (χ3n) is 4.81. The first-order valence-electron chi connectivity index (χ1n) is 9.36. The van der Waals surface area contributed by atoms with Crippen LogP contribution in [0, 0.1) is 6.92 Å². The van der Waals surface area contributed by atoms with E-state index in [1.165, 1.54) is 16.9 Å². The SMILES string of the molecule is Cc1ccc(Cl)cc1N1CCN(C(=O)Cc2csc(Nc3ncccn3)n2)CC1. The fourth-order valence-corrected chi connectivity index (χ4v) is 4.16. The van der Waals surface area contributed by atoms with Crippen molar-refractivity contribution in [1.82, 2.24) is 19.9 Å². The molecular formula is C20H21ClN6OS. The van der Waals surface area contributed by atoms with E-state index in [0.29, 0.717) is 30.6 Å². The monoisotopic (exact) mass is 428 g/mol. The number of amides is 1. The number of halogens is 1. The van der Waals surface area contributed by atoms with Crippen LogP contribution in [0.5, 0.6) is 0 Å². The van der Waals surface area contributed by atoms with Gasteiger partial charge < -0.3 is 15.1 Å². The standard InChI is InChI=1S/C20H21ClN6OS/c1-14-3-4-15(21)11-17(14)26-7-9-27(10-8-26)18(28)12-16-13-29-20(24-16)25-19-22-5-2-6-23-19/h2-6,11,13H,7-10,12H2,1H3,(H,22,23,24,25). The molecule has 150 valence electrons. The van der Waals surface area contributed by atoms with Crippen molar-refractivity contribution in [2.45, 2.75) is 13.3 Å². The molecule has 1 aliphatic rings. The summed E-state index contributed by atoms with van der Waals surface area (Å²) < 4.78 is 0. The Kier molecular flexibility index (Phi) is 5.92. The predicted molar refractivity (Wildman–Crippen MR) is 116 cm³/mol. The minimum atomic E-state index is 0.0975. The number of aromatic nitrogens is 3. The summed E-state index contributed by atoms with van der Waals surface area (Å²) in [5, 5.41) is 6.37. The maximum Gasteiger partial charge on any atom is 0.228 e. The van der Waals surface area contributed by atoms with Crippen LogP contribution in [-0.4, -0.2) is 51.9 Å². The molecular weight excluding hydrogens is 408 g/mol. The van der Waals surface area contributed by atoms with Crippen molar-refractivity contribution in [3.63, 3.8) is 0 Å². The molecule has 0 spiro atoms. The van der Waals surface area contributed by atoms with Crippen LogP contribution >= 0.6 is 22.9 Å². The number of thiazole rings is 1. The molecule has 2 aromatic heterocycles. The average Bonchev–Trinajstić information content (AvgIpc) is 3.17. The second-order valence-corrected chi connectivity index (χ2v) is 8.11. The number of aryl methyl sites for hydroxylation is 1. The minimum absolute atomic E-state index is 0.0975. The molecule has 1 saturated heterocycles. The molecule has 0 radical (unpaired) electrons. The molecule has 9 heteroatoms. The minimum Gasteiger partial charge on any atom is -0.368 e. The highest BCUT2D eigenvalue weighted by Gasteiger charge is 2.23. The lowest BCUT2D eigenvalue weighted by Gasteiger charge is -2.36. The fraction of sp³-hybridized carbons (Fsp3) is 0.300. The first-order valence-corrected chi connectivity index (χ1v) is 10.6. The molecule has 0 aliphatic carbocycles. The highest BCUT2D eigenvalue weighted by molar-refractivity contribution is 7.13. The molecule has 1 fully saturated rings. The lowest BCUT2D eigenvalue weighted by Crippen LogP contribution is -2.49. The number of anilines is 3. The smallest absolute Gasteiger partial charge is 0.228 e. The molecule has 1 N–H and O–H groups in total. The van der Waals surface area contributed by atoms with Gasteiger partial charge in [0.2, 0.25) is 11.9 Å². The van der Waals surface area contributed by atoms with Crippen LogP contribution in [0.15, 0.2) is 42.0 Å². The molecule has 0 atom stereocenters. The van der Waals surface area contributed by atoms with Gasteiger partial charge in [0, 0.05) is 54.7 Å². The van der Waals surface area contributed by atoms with Crippen LogP contribution in [0.3, 0.4) is 0 Å². The van der Waals surface area contributed by atoms with E-state index in [2.05, 4.69) is 32.1 Å². The predicted octanol–water partition coefficient (Wildman–Crippen LogP) is 3.53. The number of piperazine rings is 1. The summed E-state index contributed by atoms with van der Waals surface area (Å²) in [4.78, 5) is 29.6. The normalized spacial score (nSPS) is 14.1. The molecule has 3 heterocycles. The van der Waals surface area contributed by atoms with Crippen molar-refractivity contribution in [3.8, 4) is 0 Å². The zero-order chi connectivity index (χ0) is 20.2. The number of hydrogen-bond donors (Lipinski definition) is 1. The number of benzene rings is 1. The van der Waals surface area contributed by atoms with Crippen LogP contribution in [0.4, 0.5) is 16.8 Å². The van der Waals surface area contributed by atoms with Gasteiger partial charge in [-0.3, -0.25) is 4.79 Å². The molecule has 1 amide bonds. The Bertz CT molecular complexity index is 988. The van der Waals surface area contributed by atoms with E-state index in [4.69, 9.17) is 11.6 Å². The summed E-state index contributed by atoms with van der Waals surface area (Å²) in [6.45, 7) is 5.05. The zero-order valence-electron chi connectivity index (χ0n) is 16.0. The van der Waals surface area contributed by atoms with Crippen LogP contribution in [0.1, 0.15) is 11.3 Å². The molecule has 0 bridgehead atoms. The Labute approximate surface area is 178 Å². The number of rotatable bonds is 5. The average molecular weight is 429 g/mol. The summed E-state index contributed by atoms with van der Waals surface area (Å²) in [6.07, 6.45) is 3.62. The first-order chi connectivity index (χ1) is 14.1. The third kappa shape index (κ3) is 4.83. The summed E-state index contributed by atoms with van der Waals surface area (Å²) in [6, 6.07) is 7.68. The van der Waals surface area contributed by atoms with Gasteiger partial charge in [-0.15, -0.1) is 11.3 Å². The van der Waals surface area contributed by atoms with E-state index in [-0.39, 0.29) is 5.91 Å². The van der Waals surface area contributed by atoms with Gasteiger partial charge in [0.05, 0.1) is 12.1 Å². The lowest BCUT2D eigenvalue weighted by molar-refractivity contribution is -0.130. The van der Waals surface area contributed by atoms with Crippen LogP contribution < -0.4 is 10.2 Å². The fourth-order valence-electron chi connectivity index (χ4n) is 3.29. The number of nitrogens with zero attached hydrogens (tertiary/aromatic N) is 5. The van der Waals surface area contributed by atoms with Crippen molar-refractivity contribution in [2.24, 2.45) is 0 Å². The van der Waals surface area contributed by atoms with Gasteiger partial charge in [0.25, 0.3) is 0 Å². The number of carbonyl (C=O) groups is 1. The molecule has 1 aliphatic heterocycles. The van der Waals surface area contributed by atoms with Gasteiger partial charge in [-0.2, -0.15) is 0 Å². The summed E-state index contributed by atoms with van der Waals surface area (Å²) >= 11 is 7.59. The number of nitrogens with one attached hydrogen (secondary N) is 1. The van der Waals surface area contributed by atoms with Crippen molar-refractivity contribution in [2.75, 3.05) is 36.4 Å². The second-order valence-electron chi connectivity index (χ2n) is 6.82. The summed E-state index contributed by atoms with van der Waals surface area (Å²) in [7, 11) is 0. The van der Waals surface area contributed by atoms with E-state index < -0.39 is 0 Å². The Morgan fingerprint density at radius 3 is 2.72 bits per heavy atom. The van der Waals surface area contributed by atoms with Crippen molar-refractivity contribution in [3.05, 3.63) is 58.3 Å². The van der Waals surface area contributed by atoms with E-state index in [9.17, 15) is 4.79 Å². The topological polar surface area (TPSA) is 74.2 Å². The lowest BCUT2D eigenvalue weighted by atomic mass is 10.1. The highest BCUT2D eigenvalue weighted by Crippen LogP contribution is 2.25. The van der Waals surface area contributed by atoms with Crippen LogP contribution in [0.2, 0.25) is 5.02 Å². The Morgan fingerprint density at radius 2 is 1.97 bits per heavy atom. The number of hydrogen-bond acceptors (Lipinski definition) is 7. The Morgan fingerprint density at radius 1 is 1.21 bits per heavy atom. The Balaban J connectivity index is 1.32. The maximum absolute atomic E-state index is 12.7. The van der Waals surface area contributed by atoms with Crippen molar-refractivity contribution < 1.29 is 4.79 Å². The molecule has 7 nitrogen and oxygen atoms in total. The van der Waals surface area contributed by atoms with E-state index >= 15 is 0 Å². The van der Waals surface area contributed by atoms with E-state index in [0.717, 1.165) is 29.5 Å². The van der Waals surface area contributed by atoms with Gasteiger partial charge in [-0.1, -0.05) is 17.7 Å².